The van der Waals surface area contributed by atoms with Crippen molar-refractivity contribution in [3.05, 3.63) is 71.8 Å². The number of quaternary nitrogens is 1. The lowest BCUT2D eigenvalue weighted by Gasteiger charge is -2.38. The van der Waals surface area contributed by atoms with E-state index in [-0.39, 0.29) is 0 Å². The molecule has 24 heavy (non-hydrogen) atoms. The van der Waals surface area contributed by atoms with Gasteiger partial charge in [-0.3, -0.25) is 0 Å². The highest BCUT2D eigenvalue weighted by atomic mass is 15.3. The van der Waals surface area contributed by atoms with Crippen molar-refractivity contribution in [1.82, 2.24) is 0 Å². The van der Waals surface area contributed by atoms with Gasteiger partial charge in [0.1, 0.15) is 0 Å². The molecule has 0 N–H and O–H groups in total. The van der Waals surface area contributed by atoms with Crippen molar-refractivity contribution in [2.24, 2.45) is 0 Å². The van der Waals surface area contributed by atoms with E-state index >= 15 is 0 Å². The summed E-state index contributed by atoms with van der Waals surface area (Å²) in [6, 6.07) is 23.0. The van der Waals surface area contributed by atoms with Crippen LogP contribution in [0.5, 0.6) is 0 Å². The molecule has 3 aromatic rings. The van der Waals surface area contributed by atoms with Crippen LogP contribution >= 0.6 is 0 Å². The number of hydrogen-bond acceptors (Lipinski definition) is 0. The van der Waals surface area contributed by atoms with Gasteiger partial charge < -0.3 is 4.48 Å². The number of nitrogens with zero attached hydrogens (tertiary/aromatic N) is 1. The molecule has 1 heteroatoms. The molecule has 1 aliphatic carbocycles. The van der Waals surface area contributed by atoms with Gasteiger partial charge in [-0.1, -0.05) is 60.7 Å². The highest BCUT2D eigenvalue weighted by molar-refractivity contribution is 5.97. The van der Waals surface area contributed by atoms with E-state index in [1.807, 2.05) is 0 Å². The minimum absolute atomic E-state index is 0.722. The molecular formula is C23H26N+. The Bertz CT molecular complexity index is 881. The maximum absolute atomic E-state index is 2.34. The van der Waals surface area contributed by atoms with Gasteiger partial charge in [-0.2, -0.15) is 0 Å². The Kier molecular flexibility index (Phi) is 3.69. The Hall–Kier alpha value is -2.12. The van der Waals surface area contributed by atoms with Crippen molar-refractivity contribution in [2.75, 3.05) is 21.1 Å². The number of rotatable bonds is 2. The molecule has 0 spiro atoms. The van der Waals surface area contributed by atoms with Gasteiger partial charge in [0.15, 0.2) is 0 Å². The molecule has 0 radical (unpaired) electrons. The Labute approximate surface area is 145 Å². The summed E-state index contributed by atoms with van der Waals surface area (Å²) in [7, 11) is 6.97. The lowest BCUT2D eigenvalue weighted by atomic mass is 9.82. The monoisotopic (exact) mass is 316 g/mol. The molecule has 0 saturated heterocycles. The van der Waals surface area contributed by atoms with Gasteiger partial charge in [0.25, 0.3) is 0 Å². The van der Waals surface area contributed by atoms with Crippen LogP contribution < -0.4 is 0 Å². The minimum atomic E-state index is 0.722. The lowest BCUT2D eigenvalue weighted by Crippen LogP contribution is -2.48. The fraction of sp³-hybridized carbons (Fsp3) is 0.304. The van der Waals surface area contributed by atoms with Gasteiger partial charge in [-0.15, -0.1) is 0 Å². The third-order valence-electron chi connectivity index (χ3n) is 5.63. The lowest BCUT2D eigenvalue weighted by molar-refractivity contribution is -0.896. The van der Waals surface area contributed by atoms with E-state index in [9.17, 15) is 0 Å². The molecule has 1 unspecified atom stereocenters. The van der Waals surface area contributed by atoms with E-state index in [1.54, 1.807) is 11.1 Å². The van der Waals surface area contributed by atoms with Crippen LogP contribution in [0.4, 0.5) is 0 Å². The summed E-state index contributed by atoms with van der Waals surface area (Å²) in [5.41, 5.74) is 5.93. The van der Waals surface area contributed by atoms with Crippen molar-refractivity contribution in [1.29, 1.82) is 0 Å². The maximum atomic E-state index is 2.34. The Morgan fingerprint density at radius 2 is 1.50 bits per heavy atom. The van der Waals surface area contributed by atoms with Crippen LogP contribution in [0.15, 0.2) is 60.7 Å². The van der Waals surface area contributed by atoms with E-state index in [0.717, 1.165) is 10.5 Å². The van der Waals surface area contributed by atoms with E-state index < -0.39 is 0 Å². The average molecular weight is 316 g/mol. The second-order valence-electron chi connectivity index (χ2n) is 7.98. The predicted octanol–water partition coefficient (Wildman–Crippen LogP) is 5.07. The van der Waals surface area contributed by atoms with Crippen molar-refractivity contribution < 1.29 is 4.48 Å². The fourth-order valence-corrected chi connectivity index (χ4v) is 4.16. The molecule has 0 aliphatic heterocycles. The molecule has 0 saturated carbocycles. The van der Waals surface area contributed by atoms with Crippen LogP contribution in [0.1, 0.15) is 17.5 Å². The van der Waals surface area contributed by atoms with E-state index in [0.29, 0.717) is 0 Å². The molecule has 0 bridgehead atoms. The fourth-order valence-electron chi connectivity index (χ4n) is 4.16. The first kappa shape index (κ1) is 15.4. The SMILES string of the molecule is C[N+](C)(C)C1CCc2c(cccc2-c2cccc3ccccc23)C1. The topological polar surface area (TPSA) is 0 Å². The van der Waals surface area contributed by atoms with Crippen LogP contribution in [0.25, 0.3) is 21.9 Å². The largest absolute Gasteiger partial charge is 0.328 e. The zero-order valence-electron chi connectivity index (χ0n) is 14.9. The Morgan fingerprint density at radius 3 is 2.33 bits per heavy atom. The molecule has 1 atom stereocenters. The summed E-state index contributed by atoms with van der Waals surface area (Å²) >= 11 is 0. The van der Waals surface area contributed by atoms with E-state index in [1.165, 1.54) is 41.2 Å². The van der Waals surface area contributed by atoms with E-state index in [2.05, 4.69) is 81.8 Å². The third-order valence-corrected chi connectivity index (χ3v) is 5.63. The molecule has 4 rings (SSSR count). The zero-order valence-corrected chi connectivity index (χ0v) is 14.9. The molecule has 1 aliphatic rings. The second-order valence-corrected chi connectivity index (χ2v) is 7.98. The first-order chi connectivity index (χ1) is 11.5. The zero-order chi connectivity index (χ0) is 16.7. The first-order valence-electron chi connectivity index (χ1n) is 8.94. The van der Waals surface area contributed by atoms with Crippen LogP contribution in [0, 0.1) is 0 Å². The summed E-state index contributed by atoms with van der Waals surface area (Å²) in [6.07, 6.45) is 3.66. The molecule has 0 heterocycles. The standard InChI is InChI=1S/C23H26N/c1-24(2,3)19-14-15-21-18(16-19)10-7-13-23(21)22-12-6-9-17-8-4-5-11-20(17)22/h4-13,19H,14-16H2,1-3H3/q+1. The second kappa shape index (κ2) is 5.75. The summed E-state index contributed by atoms with van der Waals surface area (Å²) in [4.78, 5) is 0. The minimum Gasteiger partial charge on any atom is -0.328 e. The molecule has 122 valence electrons. The molecule has 3 aromatic carbocycles. The van der Waals surface area contributed by atoms with Gasteiger partial charge >= 0.3 is 0 Å². The van der Waals surface area contributed by atoms with Crippen molar-refractivity contribution in [3.63, 3.8) is 0 Å². The molecule has 0 aromatic heterocycles. The van der Waals surface area contributed by atoms with Gasteiger partial charge in [0.05, 0.1) is 27.2 Å². The highest BCUT2D eigenvalue weighted by Gasteiger charge is 2.29. The third kappa shape index (κ3) is 2.63. The number of fused-ring (bicyclic) bond motifs is 2. The summed E-state index contributed by atoms with van der Waals surface area (Å²) in [5.74, 6) is 0. The van der Waals surface area contributed by atoms with Crippen molar-refractivity contribution >= 4 is 10.8 Å². The molecule has 1 nitrogen and oxygen atoms in total. The van der Waals surface area contributed by atoms with Crippen LogP contribution in [-0.2, 0) is 12.8 Å². The average Bonchev–Trinajstić information content (AvgIpc) is 2.59. The number of likely N-dealkylation sites (N-methyl/N-ethyl adjacent to an activating group) is 1. The van der Waals surface area contributed by atoms with Gasteiger partial charge in [0.2, 0.25) is 0 Å². The summed E-state index contributed by atoms with van der Waals surface area (Å²) in [5, 5.41) is 2.69. The Balaban J connectivity index is 1.84. The predicted molar refractivity (Wildman–Crippen MR) is 103 cm³/mol. The molecular weight excluding hydrogens is 290 g/mol. The van der Waals surface area contributed by atoms with Crippen molar-refractivity contribution in [3.8, 4) is 11.1 Å². The van der Waals surface area contributed by atoms with Crippen LogP contribution in [0.3, 0.4) is 0 Å². The smallest absolute Gasteiger partial charge is 0.0928 e. The van der Waals surface area contributed by atoms with Crippen molar-refractivity contribution in [2.45, 2.75) is 25.3 Å². The normalized spacial score (nSPS) is 17.7. The number of hydrogen-bond donors (Lipinski definition) is 0. The quantitative estimate of drug-likeness (QED) is 0.579. The summed E-state index contributed by atoms with van der Waals surface area (Å²) < 4.78 is 1.05. The van der Waals surface area contributed by atoms with Gasteiger partial charge in [-0.05, 0) is 39.4 Å². The highest BCUT2D eigenvalue weighted by Crippen LogP contribution is 2.36. The van der Waals surface area contributed by atoms with E-state index in [4.69, 9.17) is 0 Å². The van der Waals surface area contributed by atoms with Gasteiger partial charge in [0, 0.05) is 12.8 Å². The maximum Gasteiger partial charge on any atom is 0.0928 e. The van der Waals surface area contributed by atoms with Crippen LogP contribution in [0.2, 0.25) is 0 Å². The Morgan fingerprint density at radius 1 is 0.792 bits per heavy atom. The van der Waals surface area contributed by atoms with Crippen LogP contribution in [-0.4, -0.2) is 31.7 Å². The van der Waals surface area contributed by atoms with Gasteiger partial charge in [-0.25, -0.2) is 0 Å². The molecule has 0 fully saturated rings. The summed E-state index contributed by atoms with van der Waals surface area (Å²) in [6.45, 7) is 0. The molecule has 0 amide bonds. The first-order valence-corrected chi connectivity index (χ1v) is 8.94. The number of benzene rings is 3.